The molecule has 2 aromatic rings. The van der Waals surface area contributed by atoms with Crippen LogP contribution in [0.5, 0.6) is 0 Å². The highest BCUT2D eigenvalue weighted by Crippen LogP contribution is 2.17. The molecule has 0 aliphatic carbocycles. The molecule has 0 aromatic heterocycles. The summed E-state index contributed by atoms with van der Waals surface area (Å²) in [4.78, 5) is 24.9. The largest absolute Gasteiger partial charge is 0.272 e. The lowest BCUT2D eigenvalue weighted by atomic mass is 10.1. The molecular weight excluding hydrogens is 340 g/mol. The van der Waals surface area contributed by atoms with Gasteiger partial charge in [0.1, 0.15) is 0 Å². The number of hydrazine groups is 1. The molecule has 0 heterocycles. The molecule has 0 radical (unpaired) electrons. The monoisotopic (exact) mass is 360 g/mol. The fourth-order valence-corrected chi connectivity index (χ4v) is 3.20. The van der Waals surface area contributed by atoms with Crippen LogP contribution in [0.1, 0.15) is 21.5 Å². The standard InChI is InChI=1S/C18H20N2O2S2/c1-13-6-8-16(9-7-13)24-12-17(21)19-20-18(22)15-5-3-4-14(10-15)11-23-2/h3-10H,11-12H2,1-2H3,(H,19,21)(H,20,22). The van der Waals surface area contributed by atoms with Crippen molar-refractivity contribution in [3.05, 3.63) is 65.2 Å². The van der Waals surface area contributed by atoms with E-state index in [0.717, 1.165) is 16.2 Å². The number of hydrogen-bond donors (Lipinski definition) is 2. The van der Waals surface area contributed by atoms with Crippen LogP contribution in [0.25, 0.3) is 0 Å². The van der Waals surface area contributed by atoms with Gasteiger partial charge in [-0.2, -0.15) is 11.8 Å². The van der Waals surface area contributed by atoms with Gasteiger partial charge in [-0.3, -0.25) is 20.4 Å². The van der Waals surface area contributed by atoms with Gasteiger partial charge in [-0.15, -0.1) is 11.8 Å². The Bertz CT molecular complexity index is 702. The van der Waals surface area contributed by atoms with Gasteiger partial charge in [0.15, 0.2) is 0 Å². The van der Waals surface area contributed by atoms with Gasteiger partial charge in [-0.1, -0.05) is 29.8 Å². The van der Waals surface area contributed by atoms with Crippen molar-refractivity contribution >= 4 is 35.3 Å². The van der Waals surface area contributed by atoms with E-state index >= 15 is 0 Å². The first kappa shape index (κ1) is 18.4. The van der Waals surface area contributed by atoms with Crippen molar-refractivity contribution in [2.75, 3.05) is 12.0 Å². The highest BCUT2D eigenvalue weighted by molar-refractivity contribution is 8.00. The fraction of sp³-hybridized carbons (Fsp3) is 0.222. The summed E-state index contributed by atoms with van der Waals surface area (Å²) in [7, 11) is 0. The van der Waals surface area contributed by atoms with E-state index in [2.05, 4.69) is 10.9 Å². The Morgan fingerprint density at radius 3 is 2.50 bits per heavy atom. The van der Waals surface area contributed by atoms with E-state index in [4.69, 9.17) is 0 Å². The number of aryl methyl sites for hydroxylation is 1. The number of benzene rings is 2. The molecule has 0 spiro atoms. The molecule has 24 heavy (non-hydrogen) atoms. The Balaban J connectivity index is 1.79. The van der Waals surface area contributed by atoms with Crippen LogP contribution in [0, 0.1) is 6.92 Å². The van der Waals surface area contributed by atoms with Crippen molar-refractivity contribution < 1.29 is 9.59 Å². The molecule has 0 saturated heterocycles. The Morgan fingerprint density at radius 2 is 1.79 bits per heavy atom. The number of carbonyl (C=O) groups is 2. The van der Waals surface area contributed by atoms with Crippen LogP contribution in [-0.2, 0) is 10.5 Å². The second kappa shape index (κ2) is 9.39. The lowest BCUT2D eigenvalue weighted by molar-refractivity contribution is -0.119. The van der Waals surface area contributed by atoms with Gasteiger partial charge in [-0.25, -0.2) is 0 Å². The molecule has 0 aliphatic heterocycles. The summed E-state index contributed by atoms with van der Waals surface area (Å²) in [5.41, 5.74) is 7.70. The molecule has 4 nitrogen and oxygen atoms in total. The summed E-state index contributed by atoms with van der Waals surface area (Å²) in [6, 6.07) is 15.3. The normalized spacial score (nSPS) is 10.2. The first-order valence-corrected chi connectivity index (χ1v) is 9.83. The van der Waals surface area contributed by atoms with Gasteiger partial charge in [-0.05, 0) is 43.0 Å². The molecular formula is C18H20N2O2S2. The SMILES string of the molecule is CSCc1cccc(C(=O)NNC(=O)CSc2ccc(C)cc2)c1. The van der Waals surface area contributed by atoms with E-state index in [1.165, 1.54) is 17.3 Å². The molecule has 2 rings (SSSR count). The molecule has 2 N–H and O–H groups in total. The molecule has 0 aliphatic rings. The van der Waals surface area contributed by atoms with Gasteiger partial charge in [0, 0.05) is 16.2 Å². The van der Waals surface area contributed by atoms with Crippen molar-refractivity contribution in [1.82, 2.24) is 10.9 Å². The zero-order valence-corrected chi connectivity index (χ0v) is 15.3. The third-order valence-electron chi connectivity index (χ3n) is 3.21. The Morgan fingerprint density at radius 1 is 1.04 bits per heavy atom. The van der Waals surface area contributed by atoms with Crippen LogP contribution < -0.4 is 10.9 Å². The molecule has 0 atom stereocenters. The highest BCUT2D eigenvalue weighted by atomic mass is 32.2. The summed E-state index contributed by atoms with van der Waals surface area (Å²) >= 11 is 3.12. The summed E-state index contributed by atoms with van der Waals surface area (Å²) < 4.78 is 0. The number of nitrogens with one attached hydrogen (secondary N) is 2. The van der Waals surface area contributed by atoms with Crippen molar-refractivity contribution in [2.24, 2.45) is 0 Å². The average Bonchev–Trinajstić information content (AvgIpc) is 2.59. The van der Waals surface area contributed by atoms with E-state index in [0.29, 0.717) is 5.56 Å². The van der Waals surface area contributed by atoms with Crippen molar-refractivity contribution in [2.45, 2.75) is 17.6 Å². The summed E-state index contributed by atoms with van der Waals surface area (Å²) in [6.45, 7) is 2.02. The minimum atomic E-state index is -0.313. The first-order valence-electron chi connectivity index (χ1n) is 7.45. The average molecular weight is 361 g/mol. The van der Waals surface area contributed by atoms with Crippen LogP contribution in [0.2, 0.25) is 0 Å². The molecule has 2 amide bonds. The third kappa shape index (κ3) is 5.94. The zero-order valence-electron chi connectivity index (χ0n) is 13.7. The molecule has 0 saturated carbocycles. The van der Waals surface area contributed by atoms with Crippen LogP contribution >= 0.6 is 23.5 Å². The maximum absolute atomic E-state index is 12.1. The summed E-state index contributed by atoms with van der Waals surface area (Å²) in [6.07, 6.45) is 2.01. The first-order chi connectivity index (χ1) is 11.6. The number of thioether (sulfide) groups is 2. The van der Waals surface area contributed by atoms with Gasteiger partial charge in [0.25, 0.3) is 5.91 Å². The lowest BCUT2D eigenvalue weighted by Gasteiger charge is -2.08. The van der Waals surface area contributed by atoms with Gasteiger partial charge in [0.2, 0.25) is 5.91 Å². The fourth-order valence-electron chi connectivity index (χ4n) is 1.99. The zero-order chi connectivity index (χ0) is 17.4. The van der Waals surface area contributed by atoms with E-state index in [1.807, 2.05) is 55.6 Å². The Kier molecular flexibility index (Phi) is 7.21. The Hall–Kier alpha value is -1.92. The van der Waals surface area contributed by atoms with E-state index in [9.17, 15) is 9.59 Å². The van der Waals surface area contributed by atoms with Gasteiger partial charge < -0.3 is 0 Å². The van der Waals surface area contributed by atoms with Crippen LogP contribution in [0.3, 0.4) is 0 Å². The number of carbonyl (C=O) groups excluding carboxylic acids is 2. The maximum Gasteiger partial charge on any atom is 0.269 e. The second-order valence-corrected chi connectivity index (χ2v) is 7.15. The van der Waals surface area contributed by atoms with Crippen molar-refractivity contribution in [3.63, 3.8) is 0 Å². The van der Waals surface area contributed by atoms with Crippen LogP contribution in [-0.4, -0.2) is 23.8 Å². The van der Waals surface area contributed by atoms with Gasteiger partial charge >= 0.3 is 0 Å². The van der Waals surface area contributed by atoms with Crippen LogP contribution in [0.15, 0.2) is 53.4 Å². The smallest absolute Gasteiger partial charge is 0.269 e. The molecule has 6 heteroatoms. The predicted octanol–water partition coefficient (Wildman–Crippen LogP) is 3.41. The molecule has 0 unspecified atom stereocenters. The maximum atomic E-state index is 12.1. The lowest BCUT2D eigenvalue weighted by Crippen LogP contribution is -2.42. The third-order valence-corrected chi connectivity index (χ3v) is 4.84. The number of rotatable bonds is 6. The second-order valence-electron chi connectivity index (χ2n) is 5.24. The number of hydrogen-bond acceptors (Lipinski definition) is 4. The predicted molar refractivity (Wildman–Crippen MR) is 101 cm³/mol. The van der Waals surface area contributed by atoms with Gasteiger partial charge in [0.05, 0.1) is 5.75 Å². The molecule has 0 fully saturated rings. The minimum absolute atomic E-state index is 0.241. The summed E-state index contributed by atoms with van der Waals surface area (Å²) in [5, 5.41) is 0. The van der Waals surface area contributed by atoms with E-state index in [-0.39, 0.29) is 17.6 Å². The molecule has 126 valence electrons. The summed E-state index contributed by atoms with van der Waals surface area (Å²) in [5.74, 6) is 0.539. The Labute approximate surface area is 150 Å². The van der Waals surface area contributed by atoms with Crippen molar-refractivity contribution in [1.29, 1.82) is 0 Å². The van der Waals surface area contributed by atoms with Crippen molar-refractivity contribution in [3.8, 4) is 0 Å². The van der Waals surface area contributed by atoms with Crippen LogP contribution in [0.4, 0.5) is 0 Å². The minimum Gasteiger partial charge on any atom is -0.272 e. The quantitative estimate of drug-likeness (QED) is 0.612. The molecule has 0 bridgehead atoms. The molecule has 2 aromatic carbocycles. The van der Waals surface area contributed by atoms with E-state index < -0.39 is 0 Å². The topological polar surface area (TPSA) is 58.2 Å². The van der Waals surface area contributed by atoms with E-state index in [1.54, 1.807) is 17.8 Å². The number of amides is 2. The highest BCUT2D eigenvalue weighted by Gasteiger charge is 2.08.